The van der Waals surface area contributed by atoms with E-state index < -0.39 is 0 Å². The predicted molar refractivity (Wildman–Crippen MR) is 85.4 cm³/mol. The Labute approximate surface area is 127 Å². The molecule has 0 aromatic carbocycles. The quantitative estimate of drug-likeness (QED) is 0.672. The number of carbonyl (C=O) groups excluding carboxylic acids is 1. The van der Waals surface area contributed by atoms with Gasteiger partial charge in [0.05, 0.1) is 6.61 Å². The largest absolute Gasteiger partial charge is 0.383 e. The van der Waals surface area contributed by atoms with E-state index in [4.69, 9.17) is 4.74 Å². The molecule has 1 fully saturated rings. The number of rotatable bonds is 9. The molecule has 0 saturated carbocycles. The highest BCUT2D eigenvalue weighted by atomic mass is 32.2. The molecule has 1 heterocycles. The summed E-state index contributed by atoms with van der Waals surface area (Å²) in [5.74, 6) is 2.45. The van der Waals surface area contributed by atoms with E-state index in [2.05, 4.69) is 24.3 Å². The predicted octanol–water partition coefficient (Wildman–Crippen LogP) is 0.508. The van der Waals surface area contributed by atoms with Crippen LogP contribution in [0.25, 0.3) is 0 Å². The van der Waals surface area contributed by atoms with Gasteiger partial charge in [-0.25, -0.2) is 0 Å². The molecule has 1 aliphatic heterocycles. The standard InChI is InChI=1S/C14H29N3O2S/c1-16(2)6-4-7-17(8-9-19-3)14(18)11-13-12-20-10-5-15-13/h13,15H,4-12H2,1-3H3. The van der Waals surface area contributed by atoms with Gasteiger partial charge in [0.2, 0.25) is 5.91 Å². The SMILES string of the molecule is COCCN(CCCN(C)C)C(=O)CC1CSCCN1. The van der Waals surface area contributed by atoms with Gasteiger partial charge in [0.25, 0.3) is 0 Å². The number of methoxy groups -OCH3 is 1. The molecule has 1 amide bonds. The summed E-state index contributed by atoms with van der Waals surface area (Å²) >= 11 is 1.93. The van der Waals surface area contributed by atoms with Crippen molar-refractivity contribution in [1.82, 2.24) is 15.1 Å². The molecule has 1 rings (SSSR count). The van der Waals surface area contributed by atoms with Gasteiger partial charge in [-0.3, -0.25) is 4.79 Å². The number of ether oxygens (including phenoxy) is 1. The van der Waals surface area contributed by atoms with Crippen molar-refractivity contribution in [3.8, 4) is 0 Å². The number of nitrogens with zero attached hydrogens (tertiary/aromatic N) is 2. The molecule has 1 atom stereocenters. The van der Waals surface area contributed by atoms with E-state index in [1.54, 1.807) is 7.11 Å². The number of hydrogen-bond donors (Lipinski definition) is 1. The first kappa shape index (κ1) is 17.8. The van der Waals surface area contributed by atoms with Crippen molar-refractivity contribution in [3.63, 3.8) is 0 Å². The third-order valence-corrected chi connectivity index (χ3v) is 4.50. The average Bonchev–Trinajstić information content (AvgIpc) is 2.43. The fraction of sp³-hybridized carbons (Fsp3) is 0.929. The number of amides is 1. The Hall–Kier alpha value is -0.300. The molecule has 0 spiro atoms. The molecule has 1 saturated heterocycles. The minimum absolute atomic E-state index is 0.251. The summed E-state index contributed by atoms with van der Waals surface area (Å²) in [5, 5.41) is 3.43. The third-order valence-electron chi connectivity index (χ3n) is 3.37. The Morgan fingerprint density at radius 3 is 2.75 bits per heavy atom. The molecule has 0 aliphatic carbocycles. The van der Waals surface area contributed by atoms with Gasteiger partial charge < -0.3 is 19.9 Å². The highest BCUT2D eigenvalue weighted by Gasteiger charge is 2.20. The van der Waals surface area contributed by atoms with Crippen molar-refractivity contribution >= 4 is 17.7 Å². The number of nitrogens with one attached hydrogen (secondary N) is 1. The Bertz CT molecular complexity index is 271. The van der Waals surface area contributed by atoms with E-state index in [1.165, 1.54) is 0 Å². The number of hydrogen-bond acceptors (Lipinski definition) is 5. The summed E-state index contributed by atoms with van der Waals surface area (Å²) < 4.78 is 5.12. The molecule has 6 heteroatoms. The summed E-state index contributed by atoms with van der Waals surface area (Å²) in [6.07, 6.45) is 1.62. The van der Waals surface area contributed by atoms with Crippen molar-refractivity contribution in [2.24, 2.45) is 0 Å². The zero-order chi connectivity index (χ0) is 14.8. The van der Waals surface area contributed by atoms with Crippen LogP contribution >= 0.6 is 11.8 Å². The van der Waals surface area contributed by atoms with Gasteiger partial charge in [0, 0.05) is 50.7 Å². The highest BCUT2D eigenvalue weighted by molar-refractivity contribution is 7.99. The van der Waals surface area contributed by atoms with Gasteiger partial charge in [0.15, 0.2) is 0 Å². The molecular weight excluding hydrogens is 274 g/mol. The summed E-state index contributed by atoms with van der Waals surface area (Å²) in [6.45, 7) is 4.15. The van der Waals surface area contributed by atoms with E-state index in [-0.39, 0.29) is 5.91 Å². The van der Waals surface area contributed by atoms with Gasteiger partial charge in [-0.15, -0.1) is 0 Å². The zero-order valence-corrected chi connectivity index (χ0v) is 13.9. The minimum Gasteiger partial charge on any atom is -0.383 e. The highest BCUT2D eigenvalue weighted by Crippen LogP contribution is 2.11. The first-order valence-corrected chi connectivity index (χ1v) is 8.51. The first-order valence-electron chi connectivity index (χ1n) is 7.36. The van der Waals surface area contributed by atoms with Crippen LogP contribution in [0.4, 0.5) is 0 Å². The second kappa shape index (κ2) is 10.4. The zero-order valence-electron chi connectivity index (χ0n) is 13.1. The van der Waals surface area contributed by atoms with E-state index >= 15 is 0 Å². The molecule has 118 valence electrons. The Kier molecular flexibility index (Phi) is 9.26. The average molecular weight is 303 g/mol. The second-order valence-corrected chi connectivity index (χ2v) is 6.61. The second-order valence-electron chi connectivity index (χ2n) is 5.46. The maximum Gasteiger partial charge on any atom is 0.224 e. The van der Waals surface area contributed by atoms with Crippen LogP contribution in [-0.2, 0) is 9.53 Å². The topological polar surface area (TPSA) is 44.8 Å². The van der Waals surface area contributed by atoms with Crippen LogP contribution < -0.4 is 5.32 Å². The lowest BCUT2D eigenvalue weighted by atomic mass is 10.2. The molecule has 1 aliphatic rings. The summed E-state index contributed by atoms with van der Waals surface area (Å²) in [6, 6.07) is 0.333. The van der Waals surface area contributed by atoms with Crippen LogP contribution in [0.1, 0.15) is 12.8 Å². The summed E-state index contributed by atoms with van der Waals surface area (Å²) in [7, 11) is 5.80. The molecular formula is C14H29N3O2S. The maximum atomic E-state index is 12.4. The van der Waals surface area contributed by atoms with E-state index in [9.17, 15) is 4.79 Å². The van der Waals surface area contributed by atoms with E-state index in [0.717, 1.165) is 37.6 Å². The maximum absolute atomic E-state index is 12.4. The van der Waals surface area contributed by atoms with Crippen molar-refractivity contribution in [2.75, 3.05) is 65.5 Å². The smallest absolute Gasteiger partial charge is 0.224 e. The molecule has 0 aromatic rings. The lowest BCUT2D eigenvalue weighted by Crippen LogP contribution is -2.44. The van der Waals surface area contributed by atoms with Gasteiger partial charge in [-0.05, 0) is 27.1 Å². The van der Waals surface area contributed by atoms with Gasteiger partial charge in [0.1, 0.15) is 0 Å². The fourth-order valence-electron chi connectivity index (χ4n) is 2.23. The van der Waals surface area contributed by atoms with Crippen LogP contribution in [0.15, 0.2) is 0 Å². The molecule has 0 aromatic heterocycles. The van der Waals surface area contributed by atoms with Gasteiger partial charge in [-0.2, -0.15) is 11.8 Å². The fourth-order valence-corrected chi connectivity index (χ4v) is 3.18. The Morgan fingerprint density at radius 1 is 1.35 bits per heavy atom. The van der Waals surface area contributed by atoms with E-state index in [1.807, 2.05) is 16.7 Å². The van der Waals surface area contributed by atoms with Crippen LogP contribution in [-0.4, -0.2) is 87.2 Å². The molecule has 5 nitrogen and oxygen atoms in total. The van der Waals surface area contributed by atoms with Crippen molar-refractivity contribution in [1.29, 1.82) is 0 Å². The molecule has 1 unspecified atom stereocenters. The molecule has 0 bridgehead atoms. The number of carbonyl (C=O) groups is 1. The summed E-state index contributed by atoms with van der Waals surface area (Å²) in [5.41, 5.74) is 0. The molecule has 20 heavy (non-hydrogen) atoms. The normalized spacial score (nSPS) is 19.3. The lowest BCUT2D eigenvalue weighted by molar-refractivity contribution is -0.132. The van der Waals surface area contributed by atoms with Gasteiger partial charge in [-0.1, -0.05) is 0 Å². The third kappa shape index (κ3) is 7.47. The van der Waals surface area contributed by atoms with Crippen molar-refractivity contribution < 1.29 is 9.53 Å². The lowest BCUT2D eigenvalue weighted by Gasteiger charge is -2.27. The van der Waals surface area contributed by atoms with Crippen molar-refractivity contribution in [3.05, 3.63) is 0 Å². The first-order chi connectivity index (χ1) is 9.63. The van der Waals surface area contributed by atoms with Crippen LogP contribution in [0.5, 0.6) is 0 Å². The number of thioether (sulfide) groups is 1. The Morgan fingerprint density at radius 2 is 2.15 bits per heavy atom. The molecule has 1 N–H and O–H groups in total. The van der Waals surface area contributed by atoms with Gasteiger partial charge >= 0.3 is 0 Å². The summed E-state index contributed by atoms with van der Waals surface area (Å²) in [4.78, 5) is 16.5. The van der Waals surface area contributed by atoms with E-state index in [0.29, 0.717) is 25.6 Å². The minimum atomic E-state index is 0.251. The van der Waals surface area contributed by atoms with Crippen LogP contribution in [0.3, 0.4) is 0 Å². The van der Waals surface area contributed by atoms with Crippen LogP contribution in [0.2, 0.25) is 0 Å². The Balaban J connectivity index is 2.36. The monoisotopic (exact) mass is 303 g/mol. The molecule has 0 radical (unpaired) electrons. The van der Waals surface area contributed by atoms with Crippen LogP contribution in [0, 0.1) is 0 Å². The van der Waals surface area contributed by atoms with Crippen molar-refractivity contribution in [2.45, 2.75) is 18.9 Å².